The highest BCUT2D eigenvalue weighted by molar-refractivity contribution is 5.73. The summed E-state index contributed by atoms with van der Waals surface area (Å²) in [4.78, 5) is 13.5. The first-order valence-corrected chi connectivity index (χ1v) is 6.77. The molecule has 2 unspecified atom stereocenters. The molecule has 0 aromatic heterocycles. The van der Waals surface area contributed by atoms with Gasteiger partial charge in [-0.25, -0.2) is 0 Å². The lowest BCUT2D eigenvalue weighted by Gasteiger charge is -2.22. The maximum Gasteiger partial charge on any atom is 0.322 e. The van der Waals surface area contributed by atoms with Gasteiger partial charge in [0.2, 0.25) is 0 Å². The van der Waals surface area contributed by atoms with Gasteiger partial charge in [-0.05, 0) is 37.6 Å². The number of nitrogens with zero attached hydrogens (tertiary/aromatic N) is 1. The molecular formula is C13H24N2O2. The molecule has 2 rings (SSSR count). The van der Waals surface area contributed by atoms with Crippen LogP contribution in [0.15, 0.2) is 0 Å². The van der Waals surface area contributed by atoms with Crippen molar-refractivity contribution in [3.8, 4) is 0 Å². The molecule has 2 fully saturated rings. The third kappa shape index (κ3) is 3.68. The van der Waals surface area contributed by atoms with Crippen molar-refractivity contribution in [3.63, 3.8) is 0 Å². The van der Waals surface area contributed by atoms with Crippen LogP contribution in [0, 0.1) is 11.8 Å². The van der Waals surface area contributed by atoms with Crippen LogP contribution in [0.1, 0.15) is 33.1 Å². The minimum atomic E-state index is -0.704. The van der Waals surface area contributed by atoms with Crippen molar-refractivity contribution in [2.24, 2.45) is 11.8 Å². The van der Waals surface area contributed by atoms with E-state index in [9.17, 15) is 9.90 Å². The van der Waals surface area contributed by atoms with E-state index >= 15 is 0 Å². The average Bonchev–Trinajstić information content (AvgIpc) is 2.93. The Morgan fingerprint density at radius 2 is 2.12 bits per heavy atom. The van der Waals surface area contributed by atoms with Crippen molar-refractivity contribution >= 4 is 5.97 Å². The molecule has 1 saturated heterocycles. The molecule has 1 heterocycles. The monoisotopic (exact) mass is 240 g/mol. The second-order valence-corrected chi connectivity index (χ2v) is 5.88. The summed E-state index contributed by atoms with van der Waals surface area (Å²) < 4.78 is 0. The van der Waals surface area contributed by atoms with Gasteiger partial charge < -0.3 is 15.3 Å². The van der Waals surface area contributed by atoms with Crippen molar-refractivity contribution in [1.29, 1.82) is 0 Å². The standard InChI is InChI=1S/C13H24N2O2/c1-9(2)10-5-6-15(7-10)8-12(13(16)17)14-11-3-4-11/h9-12,14H,3-8H2,1-2H3,(H,16,17). The molecule has 2 aliphatic rings. The number of carboxylic acids is 1. The Labute approximate surface area is 103 Å². The van der Waals surface area contributed by atoms with Crippen LogP contribution < -0.4 is 5.32 Å². The van der Waals surface area contributed by atoms with Crippen molar-refractivity contribution in [1.82, 2.24) is 10.2 Å². The number of carboxylic acid groups (broad SMARTS) is 1. The van der Waals surface area contributed by atoms with Crippen LogP contribution in [0.3, 0.4) is 0 Å². The fourth-order valence-corrected chi connectivity index (χ4v) is 2.57. The maximum absolute atomic E-state index is 11.2. The van der Waals surface area contributed by atoms with E-state index in [0.717, 1.165) is 31.8 Å². The quantitative estimate of drug-likeness (QED) is 0.732. The predicted octanol–water partition coefficient (Wildman–Crippen LogP) is 1.17. The van der Waals surface area contributed by atoms with Gasteiger partial charge in [-0.1, -0.05) is 13.8 Å². The zero-order chi connectivity index (χ0) is 12.4. The largest absolute Gasteiger partial charge is 0.480 e. The molecule has 0 bridgehead atoms. The number of aliphatic carboxylic acids is 1. The molecule has 17 heavy (non-hydrogen) atoms. The molecule has 1 aliphatic carbocycles. The molecule has 4 nitrogen and oxygen atoms in total. The number of nitrogens with one attached hydrogen (secondary N) is 1. The van der Waals surface area contributed by atoms with Gasteiger partial charge in [-0.15, -0.1) is 0 Å². The van der Waals surface area contributed by atoms with Gasteiger partial charge in [0.05, 0.1) is 0 Å². The van der Waals surface area contributed by atoms with E-state index in [-0.39, 0.29) is 6.04 Å². The lowest BCUT2D eigenvalue weighted by Crippen LogP contribution is -2.46. The average molecular weight is 240 g/mol. The second-order valence-electron chi connectivity index (χ2n) is 5.88. The van der Waals surface area contributed by atoms with Gasteiger partial charge in [-0.3, -0.25) is 4.79 Å². The van der Waals surface area contributed by atoms with E-state index in [1.54, 1.807) is 0 Å². The molecule has 1 aliphatic heterocycles. The van der Waals surface area contributed by atoms with Crippen molar-refractivity contribution in [2.75, 3.05) is 19.6 Å². The zero-order valence-corrected chi connectivity index (χ0v) is 10.9. The topological polar surface area (TPSA) is 52.6 Å². The summed E-state index contributed by atoms with van der Waals surface area (Å²) in [5.41, 5.74) is 0. The minimum Gasteiger partial charge on any atom is -0.480 e. The van der Waals surface area contributed by atoms with Crippen LogP contribution >= 0.6 is 0 Å². The summed E-state index contributed by atoms with van der Waals surface area (Å²) in [5, 5.41) is 12.4. The fraction of sp³-hybridized carbons (Fsp3) is 0.923. The summed E-state index contributed by atoms with van der Waals surface area (Å²) in [7, 11) is 0. The minimum absolute atomic E-state index is 0.381. The SMILES string of the molecule is CC(C)C1CCN(CC(NC2CC2)C(=O)O)C1. The second kappa shape index (κ2) is 5.36. The highest BCUT2D eigenvalue weighted by atomic mass is 16.4. The van der Waals surface area contributed by atoms with Crippen LogP contribution in [0.25, 0.3) is 0 Å². The molecule has 0 spiro atoms. The lowest BCUT2D eigenvalue weighted by atomic mass is 9.95. The maximum atomic E-state index is 11.2. The molecule has 98 valence electrons. The van der Waals surface area contributed by atoms with Gasteiger partial charge in [0.25, 0.3) is 0 Å². The highest BCUT2D eigenvalue weighted by Crippen LogP contribution is 2.24. The van der Waals surface area contributed by atoms with Gasteiger partial charge in [-0.2, -0.15) is 0 Å². The number of hydrogen-bond donors (Lipinski definition) is 2. The lowest BCUT2D eigenvalue weighted by molar-refractivity contribution is -0.140. The molecule has 1 saturated carbocycles. The Kier molecular flexibility index (Phi) is 4.05. The number of rotatable bonds is 6. The molecule has 4 heteroatoms. The van der Waals surface area contributed by atoms with E-state index in [1.165, 1.54) is 6.42 Å². The first-order valence-electron chi connectivity index (χ1n) is 6.77. The predicted molar refractivity (Wildman–Crippen MR) is 67.0 cm³/mol. The van der Waals surface area contributed by atoms with E-state index in [4.69, 9.17) is 0 Å². The van der Waals surface area contributed by atoms with E-state index in [1.807, 2.05) is 0 Å². The van der Waals surface area contributed by atoms with Crippen LogP contribution in [0.5, 0.6) is 0 Å². The summed E-state index contributed by atoms with van der Waals surface area (Å²) in [5.74, 6) is 0.745. The molecule has 2 N–H and O–H groups in total. The molecule has 2 atom stereocenters. The third-order valence-corrected chi connectivity index (χ3v) is 4.00. The molecule has 0 aromatic carbocycles. The Hall–Kier alpha value is -0.610. The molecular weight excluding hydrogens is 216 g/mol. The van der Waals surface area contributed by atoms with Crippen LogP contribution in [0.2, 0.25) is 0 Å². The summed E-state index contributed by atoms with van der Waals surface area (Å²) >= 11 is 0. The van der Waals surface area contributed by atoms with Crippen molar-refractivity contribution in [3.05, 3.63) is 0 Å². The first kappa shape index (κ1) is 12.8. The van der Waals surface area contributed by atoms with Gasteiger partial charge in [0.1, 0.15) is 6.04 Å². The van der Waals surface area contributed by atoms with Crippen molar-refractivity contribution < 1.29 is 9.90 Å². The van der Waals surface area contributed by atoms with Crippen LogP contribution in [0.4, 0.5) is 0 Å². The third-order valence-electron chi connectivity index (χ3n) is 4.00. The van der Waals surface area contributed by atoms with E-state index in [2.05, 4.69) is 24.1 Å². The van der Waals surface area contributed by atoms with Gasteiger partial charge >= 0.3 is 5.97 Å². The van der Waals surface area contributed by atoms with Gasteiger partial charge in [0, 0.05) is 19.1 Å². The molecule has 0 aromatic rings. The molecule has 0 amide bonds. The highest BCUT2D eigenvalue weighted by Gasteiger charge is 2.32. The van der Waals surface area contributed by atoms with Crippen molar-refractivity contribution in [2.45, 2.75) is 45.2 Å². The normalized spacial score (nSPS) is 27.6. The summed E-state index contributed by atoms with van der Waals surface area (Å²) in [6, 6.07) is 0.0769. The number of likely N-dealkylation sites (tertiary alicyclic amines) is 1. The Morgan fingerprint density at radius 3 is 2.59 bits per heavy atom. The zero-order valence-electron chi connectivity index (χ0n) is 10.9. The summed E-state index contributed by atoms with van der Waals surface area (Å²) in [6.07, 6.45) is 3.49. The van der Waals surface area contributed by atoms with Gasteiger partial charge in [0.15, 0.2) is 0 Å². The number of hydrogen-bond acceptors (Lipinski definition) is 3. The summed E-state index contributed by atoms with van der Waals surface area (Å²) in [6.45, 7) is 7.29. The Balaban J connectivity index is 1.79. The van der Waals surface area contributed by atoms with E-state index in [0.29, 0.717) is 18.5 Å². The molecule has 0 radical (unpaired) electrons. The Bertz CT molecular complexity index is 277. The number of carbonyl (C=O) groups is 1. The first-order chi connectivity index (χ1) is 8.06. The van der Waals surface area contributed by atoms with Crippen LogP contribution in [-0.2, 0) is 4.79 Å². The van der Waals surface area contributed by atoms with E-state index < -0.39 is 5.97 Å². The van der Waals surface area contributed by atoms with Crippen LogP contribution in [-0.4, -0.2) is 47.7 Å². The Morgan fingerprint density at radius 1 is 1.41 bits per heavy atom. The fourth-order valence-electron chi connectivity index (χ4n) is 2.57. The smallest absolute Gasteiger partial charge is 0.322 e.